The van der Waals surface area contributed by atoms with Crippen molar-refractivity contribution in [3.8, 4) is 0 Å². The summed E-state index contributed by atoms with van der Waals surface area (Å²) < 4.78 is 5.97. The topological polar surface area (TPSA) is 32.7 Å². The molecule has 3 atom stereocenters. The molecule has 0 spiro atoms. The summed E-state index contributed by atoms with van der Waals surface area (Å²) in [5.74, 6) is 0.313. The number of benzene rings is 2. The highest BCUT2D eigenvalue weighted by molar-refractivity contribution is 6.31. The lowest BCUT2D eigenvalue weighted by Gasteiger charge is -2.41. The van der Waals surface area contributed by atoms with Crippen molar-refractivity contribution in [3.05, 3.63) is 70.7 Å². The number of nitrogens with zero attached hydrogens (tertiary/aromatic N) is 1. The Bertz CT molecular complexity index is 719. The molecule has 1 saturated heterocycles. The molecule has 1 fully saturated rings. The molecule has 27 heavy (non-hydrogen) atoms. The van der Waals surface area contributed by atoms with Gasteiger partial charge in [0.25, 0.3) is 0 Å². The molecular formula is C23H30ClNO2. The Labute approximate surface area is 167 Å². The molecule has 0 saturated carbocycles. The van der Waals surface area contributed by atoms with Crippen molar-refractivity contribution >= 4 is 11.6 Å². The quantitative estimate of drug-likeness (QED) is 0.755. The summed E-state index contributed by atoms with van der Waals surface area (Å²) in [7, 11) is 0. The lowest BCUT2D eigenvalue weighted by Crippen LogP contribution is -2.53. The van der Waals surface area contributed by atoms with Gasteiger partial charge >= 0.3 is 0 Å². The van der Waals surface area contributed by atoms with E-state index in [2.05, 4.69) is 42.2 Å². The molecule has 0 aliphatic carbocycles. The molecule has 4 heteroatoms. The minimum absolute atomic E-state index is 0.177. The van der Waals surface area contributed by atoms with Crippen molar-refractivity contribution in [1.82, 2.24) is 4.90 Å². The van der Waals surface area contributed by atoms with E-state index < -0.39 is 5.60 Å². The van der Waals surface area contributed by atoms with Gasteiger partial charge in [0.1, 0.15) is 0 Å². The van der Waals surface area contributed by atoms with E-state index in [1.807, 2.05) is 31.2 Å². The Kier molecular flexibility index (Phi) is 6.93. The van der Waals surface area contributed by atoms with Gasteiger partial charge < -0.3 is 9.84 Å². The van der Waals surface area contributed by atoms with Crippen molar-refractivity contribution < 1.29 is 9.84 Å². The number of morpholine rings is 1. The summed E-state index contributed by atoms with van der Waals surface area (Å²) in [5.41, 5.74) is 1.57. The molecule has 0 amide bonds. The van der Waals surface area contributed by atoms with E-state index in [0.29, 0.717) is 18.9 Å². The molecule has 3 nitrogen and oxygen atoms in total. The van der Waals surface area contributed by atoms with Gasteiger partial charge in [-0.15, -0.1) is 0 Å². The Hall–Kier alpha value is -1.39. The van der Waals surface area contributed by atoms with Crippen LogP contribution < -0.4 is 0 Å². The zero-order valence-electron chi connectivity index (χ0n) is 16.3. The second-order valence-electron chi connectivity index (χ2n) is 8.04. The number of hydrogen-bond donors (Lipinski definition) is 1. The standard InChI is InChI=1S/C23H30ClNO2/c1-18(14-20-10-6-7-11-21(20)24)15-23(2,26)22-17-25(12-13-27-22)16-19-8-4-3-5-9-19/h3-11,18,22,26H,12-17H2,1-2H3. The first-order valence-electron chi connectivity index (χ1n) is 9.78. The fourth-order valence-corrected chi connectivity index (χ4v) is 4.23. The average Bonchev–Trinajstić information content (AvgIpc) is 2.64. The molecule has 1 aliphatic heterocycles. The van der Waals surface area contributed by atoms with Gasteiger partial charge in [0.05, 0.1) is 18.3 Å². The summed E-state index contributed by atoms with van der Waals surface area (Å²) in [6.45, 7) is 7.28. The third-order valence-electron chi connectivity index (χ3n) is 5.38. The zero-order chi connectivity index (χ0) is 19.3. The van der Waals surface area contributed by atoms with E-state index >= 15 is 0 Å². The van der Waals surface area contributed by atoms with E-state index in [9.17, 15) is 5.11 Å². The van der Waals surface area contributed by atoms with Crippen LogP contribution in [-0.4, -0.2) is 41.4 Å². The molecule has 2 aromatic carbocycles. The highest BCUT2D eigenvalue weighted by Gasteiger charge is 2.37. The monoisotopic (exact) mass is 387 g/mol. The van der Waals surface area contributed by atoms with Crippen LogP contribution in [0.4, 0.5) is 0 Å². The maximum atomic E-state index is 11.2. The number of ether oxygens (including phenoxy) is 1. The van der Waals surface area contributed by atoms with Crippen LogP contribution in [0.5, 0.6) is 0 Å². The van der Waals surface area contributed by atoms with Crippen molar-refractivity contribution in [2.24, 2.45) is 5.92 Å². The molecule has 146 valence electrons. The minimum atomic E-state index is -0.865. The summed E-state index contributed by atoms with van der Waals surface area (Å²) in [4.78, 5) is 2.37. The van der Waals surface area contributed by atoms with Gasteiger partial charge in [-0.2, -0.15) is 0 Å². The predicted molar refractivity (Wildman–Crippen MR) is 111 cm³/mol. The van der Waals surface area contributed by atoms with E-state index in [-0.39, 0.29) is 6.10 Å². The van der Waals surface area contributed by atoms with Crippen LogP contribution in [0.1, 0.15) is 31.4 Å². The van der Waals surface area contributed by atoms with Gasteiger partial charge in [-0.25, -0.2) is 0 Å². The van der Waals surface area contributed by atoms with Gasteiger partial charge in [0, 0.05) is 24.7 Å². The van der Waals surface area contributed by atoms with Gasteiger partial charge in [0.15, 0.2) is 0 Å². The second kappa shape index (κ2) is 9.20. The number of halogens is 1. The predicted octanol–water partition coefficient (Wildman–Crippen LogP) is 4.56. The van der Waals surface area contributed by atoms with Crippen molar-refractivity contribution in [3.63, 3.8) is 0 Å². The first-order chi connectivity index (χ1) is 12.9. The minimum Gasteiger partial charge on any atom is -0.387 e. The first kappa shape index (κ1) is 20.3. The SMILES string of the molecule is CC(Cc1ccccc1Cl)CC(C)(O)C1CN(Cc2ccccc2)CCO1. The fraction of sp³-hybridized carbons (Fsp3) is 0.478. The zero-order valence-corrected chi connectivity index (χ0v) is 17.0. The molecule has 0 radical (unpaired) electrons. The summed E-state index contributed by atoms with van der Waals surface area (Å²) in [6, 6.07) is 18.4. The molecule has 0 aromatic heterocycles. The van der Waals surface area contributed by atoms with E-state index in [1.165, 1.54) is 5.56 Å². The van der Waals surface area contributed by atoms with Gasteiger partial charge in [-0.1, -0.05) is 67.1 Å². The second-order valence-corrected chi connectivity index (χ2v) is 8.45. The first-order valence-corrected chi connectivity index (χ1v) is 10.2. The maximum absolute atomic E-state index is 11.2. The smallest absolute Gasteiger partial charge is 0.0986 e. The van der Waals surface area contributed by atoms with Crippen LogP contribution in [0.25, 0.3) is 0 Å². The van der Waals surface area contributed by atoms with Crippen LogP contribution in [-0.2, 0) is 17.7 Å². The van der Waals surface area contributed by atoms with Crippen LogP contribution in [0.2, 0.25) is 5.02 Å². The third-order valence-corrected chi connectivity index (χ3v) is 5.75. The third kappa shape index (κ3) is 5.79. The maximum Gasteiger partial charge on any atom is 0.0986 e. The van der Waals surface area contributed by atoms with Gasteiger partial charge in [0.2, 0.25) is 0 Å². The van der Waals surface area contributed by atoms with Gasteiger partial charge in [-0.3, -0.25) is 4.90 Å². The van der Waals surface area contributed by atoms with Crippen LogP contribution in [0, 0.1) is 5.92 Å². The molecule has 2 aromatic rings. The molecule has 3 unspecified atom stereocenters. The summed E-state index contributed by atoms with van der Waals surface area (Å²) in [5, 5.41) is 12.0. The molecule has 0 bridgehead atoms. The molecule has 3 rings (SSSR count). The summed E-state index contributed by atoms with van der Waals surface area (Å²) in [6.07, 6.45) is 1.36. The van der Waals surface area contributed by atoms with E-state index in [0.717, 1.165) is 36.6 Å². The number of aliphatic hydroxyl groups is 1. The normalized spacial score (nSPS) is 21.6. The Balaban J connectivity index is 1.57. The van der Waals surface area contributed by atoms with Crippen LogP contribution in [0.3, 0.4) is 0 Å². The van der Waals surface area contributed by atoms with E-state index in [4.69, 9.17) is 16.3 Å². The summed E-state index contributed by atoms with van der Waals surface area (Å²) >= 11 is 6.29. The average molecular weight is 388 g/mol. The van der Waals surface area contributed by atoms with Gasteiger partial charge in [-0.05, 0) is 42.9 Å². The van der Waals surface area contributed by atoms with Crippen molar-refractivity contribution in [2.45, 2.75) is 44.9 Å². The molecule has 1 aliphatic rings. The highest BCUT2D eigenvalue weighted by atomic mass is 35.5. The molecular weight excluding hydrogens is 358 g/mol. The Morgan fingerprint density at radius 3 is 2.63 bits per heavy atom. The van der Waals surface area contributed by atoms with Crippen LogP contribution in [0.15, 0.2) is 54.6 Å². The highest BCUT2D eigenvalue weighted by Crippen LogP contribution is 2.29. The van der Waals surface area contributed by atoms with Crippen molar-refractivity contribution in [2.75, 3.05) is 19.7 Å². The molecule has 1 N–H and O–H groups in total. The lowest BCUT2D eigenvalue weighted by molar-refractivity contribution is -0.144. The number of rotatable bonds is 7. The molecule has 1 heterocycles. The Morgan fingerprint density at radius 2 is 1.89 bits per heavy atom. The van der Waals surface area contributed by atoms with Crippen molar-refractivity contribution in [1.29, 1.82) is 0 Å². The fourth-order valence-electron chi connectivity index (χ4n) is 4.01. The van der Waals surface area contributed by atoms with Crippen LogP contribution >= 0.6 is 11.6 Å². The van der Waals surface area contributed by atoms with E-state index in [1.54, 1.807) is 0 Å². The largest absolute Gasteiger partial charge is 0.387 e. The lowest BCUT2D eigenvalue weighted by atomic mass is 9.84. The Morgan fingerprint density at radius 1 is 1.19 bits per heavy atom. The number of hydrogen-bond acceptors (Lipinski definition) is 3.